The second-order valence-corrected chi connectivity index (χ2v) is 7.43. The van der Waals surface area contributed by atoms with E-state index in [2.05, 4.69) is 15.5 Å². The molecule has 0 aromatic carbocycles. The number of likely N-dealkylation sites (tertiary alicyclic amines) is 1. The lowest BCUT2D eigenvalue weighted by Gasteiger charge is -2.32. The van der Waals surface area contributed by atoms with E-state index >= 15 is 0 Å². The maximum absolute atomic E-state index is 12.6. The number of likely N-dealkylation sites (N-methyl/N-ethyl adjacent to an activating group) is 1. The van der Waals surface area contributed by atoms with Crippen LogP contribution in [-0.4, -0.2) is 64.2 Å². The summed E-state index contributed by atoms with van der Waals surface area (Å²) in [5.41, 5.74) is 0.866. The number of carbonyl (C=O) groups excluding carboxylic acids is 1. The van der Waals surface area contributed by atoms with E-state index in [0.717, 1.165) is 30.1 Å². The van der Waals surface area contributed by atoms with E-state index in [1.807, 2.05) is 64.8 Å². The van der Waals surface area contributed by atoms with Crippen LogP contribution in [0.3, 0.4) is 0 Å². The number of pyridine rings is 1. The monoisotopic (exact) mass is 382 g/mol. The topological polar surface area (TPSA) is 78.9 Å². The van der Waals surface area contributed by atoms with Gasteiger partial charge in [0, 0.05) is 31.7 Å². The number of hydrogen-bond donors (Lipinski definition) is 1. The summed E-state index contributed by atoms with van der Waals surface area (Å²) in [4.78, 5) is 16.6. The molecule has 28 heavy (non-hydrogen) atoms. The summed E-state index contributed by atoms with van der Waals surface area (Å²) >= 11 is 0. The molecule has 4 heterocycles. The number of carbonyl (C=O) groups is 1. The Kier molecular flexibility index (Phi) is 5.29. The minimum absolute atomic E-state index is 0.0128. The van der Waals surface area contributed by atoms with Crippen LogP contribution in [0.25, 0.3) is 5.65 Å². The van der Waals surface area contributed by atoms with Crippen LogP contribution in [0.15, 0.2) is 47.2 Å². The molecule has 1 atom stereocenters. The van der Waals surface area contributed by atoms with Crippen molar-refractivity contribution in [3.8, 4) is 0 Å². The summed E-state index contributed by atoms with van der Waals surface area (Å²) in [5.74, 6) is 2.16. The Morgan fingerprint density at radius 3 is 2.79 bits per heavy atom. The minimum atomic E-state index is -0.0250. The second kappa shape index (κ2) is 8.02. The lowest BCUT2D eigenvalue weighted by atomic mass is 9.96. The van der Waals surface area contributed by atoms with Crippen LogP contribution < -0.4 is 5.32 Å². The van der Waals surface area contributed by atoms with Crippen molar-refractivity contribution >= 4 is 11.7 Å². The molecule has 1 aliphatic heterocycles. The van der Waals surface area contributed by atoms with Crippen molar-refractivity contribution in [2.75, 3.05) is 33.7 Å². The Hall–Kier alpha value is -2.87. The first-order valence-electron chi connectivity index (χ1n) is 9.65. The Balaban J connectivity index is 1.33. The van der Waals surface area contributed by atoms with Crippen LogP contribution in [0, 0.1) is 0 Å². The zero-order chi connectivity index (χ0) is 19.5. The lowest BCUT2D eigenvalue weighted by molar-refractivity contribution is 0.174. The van der Waals surface area contributed by atoms with Gasteiger partial charge < -0.3 is 14.6 Å². The fraction of sp³-hybridized carbons (Fsp3) is 0.450. The first-order valence-corrected chi connectivity index (χ1v) is 9.65. The van der Waals surface area contributed by atoms with Crippen molar-refractivity contribution in [2.45, 2.75) is 24.8 Å². The second-order valence-electron chi connectivity index (χ2n) is 7.43. The molecule has 0 bridgehead atoms. The number of aromatic nitrogens is 3. The largest absolute Gasteiger partial charge is 0.468 e. The molecule has 0 saturated carbocycles. The minimum Gasteiger partial charge on any atom is -0.468 e. The number of hydrogen-bond acceptors (Lipinski definition) is 5. The normalized spacial score (nSPS) is 16.6. The molecule has 8 heteroatoms. The third kappa shape index (κ3) is 3.73. The van der Waals surface area contributed by atoms with E-state index < -0.39 is 0 Å². The highest BCUT2D eigenvalue weighted by atomic mass is 16.3. The highest BCUT2D eigenvalue weighted by Crippen LogP contribution is 2.27. The van der Waals surface area contributed by atoms with Crippen molar-refractivity contribution in [2.24, 2.45) is 0 Å². The van der Waals surface area contributed by atoms with E-state index in [1.165, 1.54) is 0 Å². The zero-order valence-corrected chi connectivity index (χ0v) is 16.3. The van der Waals surface area contributed by atoms with Crippen molar-refractivity contribution < 1.29 is 9.21 Å². The van der Waals surface area contributed by atoms with Gasteiger partial charge in [0.25, 0.3) is 0 Å². The molecule has 0 aliphatic carbocycles. The predicted molar refractivity (Wildman–Crippen MR) is 105 cm³/mol. The molecule has 1 saturated heterocycles. The van der Waals surface area contributed by atoms with Gasteiger partial charge in [-0.3, -0.25) is 9.30 Å². The first-order chi connectivity index (χ1) is 13.6. The average molecular weight is 382 g/mol. The van der Waals surface area contributed by atoms with Crippen molar-refractivity contribution in [3.05, 3.63) is 54.4 Å². The Morgan fingerprint density at radius 1 is 1.25 bits per heavy atom. The van der Waals surface area contributed by atoms with Gasteiger partial charge in [0.2, 0.25) is 0 Å². The van der Waals surface area contributed by atoms with Crippen LogP contribution in [0.1, 0.15) is 36.4 Å². The highest BCUT2D eigenvalue weighted by Gasteiger charge is 2.27. The summed E-state index contributed by atoms with van der Waals surface area (Å²) < 4.78 is 7.55. The van der Waals surface area contributed by atoms with Gasteiger partial charge in [-0.05, 0) is 51.2 Å². The fourth-order valence-corrected chi connectivity index (χ4v) is 3.79. The van der Waals surface area contributed by atoms with E-state index in [4.69, 9.17) is 4.42 Å². The molecule has 1 aliphatic rings. The molecule has 3 aromatic rings. The molecular weight excluding hydrogens is 356 g/mol. The van der Waals surface area contributed by atoms with Crippen LogP contribution in [-0.2, 0) is 0 Å². The Labute approximate surface area is 164 Å². The molecule has 4 rings (SSSR count). The average Bonchev–Trinajstić information content (AvgIpc) is 3.38. The van der Waals surface area contributed by atoms with Crippen molar-refractivity contribution in [3.63, 3.8) is 0 Å². The molecular formula is C20H26N6O2. The van der Waals surface area contributed by atoms with Gasteiger partial charge >= 0.3 is 6.03 Å². The van der Waals surface area contributed by atoms with Gasteiger partial charge in [-0.2, -0.15) is 0 Å². The van der Waals surface area contributed by atoms with E-state index in [-0.39, 0.29) is 12.1 Å². The number of nitrogens with one attached hydrogen (secondary N) is 1. The van der Waals surface area contributed by atoms with Crippen molar-refractivity contribution in [1.29, 1.82) is 0 Å². The molecule has 2 amide bonds. The standard InChI is InChI=1S/C20H26N6O2/c1-24(2)16(17-6-5-13-28-17)14-21-20(27)25-11-8-15(9-12-25)19-23-22-18-7-3-4-10-26(18)19/h3-7,10,13,15-16H,8-9,11-12,14H2,1-2H3,(H,21,27). The first kappa shape index (κ1) is 18.5. The third-order valence-corrected chi connectivity index (χ3v) is 5.43. The summed E-state index contributed by atoms with van der Waals surface area (Å²) in [7, 11) is 3.96. The van der Waals surface area contributed by atoms with Crippen LogP contribution in [0.5, 0.6) is 0 Å². The molecule has 1 N–H and O–H groups in total. The van der Waals surface area contributed by atoms with Crippen LogP contribution in [0.4, 0.5) is 4.79 Å². The smallest absolute Gasteiger partial charge is 0.317 e. The quantitative estimate of drug-likeness (QED) is 0.734. The van der Waals surface area contributed by atoms with Crippen LogP contribution >= 0.6 is 0 Å². The van der Waals surface area contributed by atoms with Gasteiger partial charge in [0.15, 0.2) is 5.65 Å². The van der Waals surface area contributed by atoms with Gasteiger partial charge in [-0.15, -0.1) is 10.2 Å². The van der Waals surface area contributed by atoms with Gasteiger partial charge in [-0.25, -0.2) is 4.79 Å². The third-order valence-electron chi connectivity index (χ3n) is 5.43. The summed E-state index contributed by atoms with van der Waals surface area (Å²) in [5, 5.41) is 11.7. The number of fused-ring (bicyclic) bond motifs is 1. The van der Waals surface area contributed by atoms with Gasteiger partial charge in [-0.1, -0.05) is 6.07 Å². The molecule has 0 radical (unpaired) electrons. The number of furan rings is 1. The molecule has 1 fully saturated rings. The Morgan fingerprint density at radius 2 is 2.07 bits per heavy atom. The summed E-state index contributed by atoms with van der Waals surface area (Å²) in [6.07, 6.45) is 5.43. The fourth-order valence-electron chi connectivity index (χ4n) is 3.79. The number of urea groups is 1. The molecule has 1 unspecified atom stereocenters. The number of piperidine rings is 1. The number of nitrogens with zero attached hydrogens (tertiary/aromatic N) is 5. The van der Waals surface area contributed by atoms with Gasteiger partial charge in [0.05, 0.1) is 12.3 Å². The number of rotatable bonds is 5. The molecule has 3 aromatic heterocycles. The zero-order valence-electron chi connectivity index (χ0n) is 16.3. The molecule has 0 spiro atoms. The lowest BCUT2D eigenvalue weighted by Crippen LogP contribution is -2.46. The molecule has 8 nitrogen and oxygen atoms in total. The van der Waals surface area contributed by atoms with E-state index in [1.54, 1.807) is 6.26 Å². The predicted octanol–water partition coefficient (Wildman–Crippen LogP) is 2.51. The summed E-state index contributed by atoms with van der Waals surface area (Å²) in [6, 6.07) is 9.70. The SMILES string of the molecule is CN(C)C(CNC(=O)N1CCC(c2nnc3ccccn23)CC1)c1ccco1. The van der Waals surface area contributed by atoms with E-state index in [9.17, 15) is 4.79 Å². The number of amides is 2. The van der Waals surface area contributed by atoms with E-state index in [0.29, 0.717) is 25.6 Å². The van der Waals surface area contributed by atoms with Crippen LogP contribution in [0.2, 0.25) is 0 Å². The molecule has 148 valence electrons. The maximum atomic E-state index is 12.6. The van der Waals surface area contributed by atoms with Crippen molar-refractivity contribution in [1.82, 2.24) is 29.7 Å². The Bertz CT molecular complexity index is 912. The maximum Gasteiger partial charge on any atom is 0.317 e. The van der Waals surface area contributed by atoms with Gasteiger partial charge in [0.1, 0.15) is 11.6 Å². The summed E-state index contributed by atoms with van der Waals surface area (Å²) in [6.45, 7) is 1.94. The highest BCUT2D eigenvalue weighted by molar-refractivity contribution is 5.74.